The van der Waals surface area contributed by atoms with Gasteiger partial charge in [-0.05, 0) is 30.7 Å². The van der Waals surface area contributed by atoms with E-state index in [9.17, 15) is 12.8 Å². The maximum atomic E-state index is 14.4. The second-order valence-corrected chi connectivity index (χ2v) is 9.05. The molecular weight excluding hydrogens is 349 g/mol. The Hall–Kier alpha value is -2.24. The van der Waals surface area contributed by atoms with E-state index >= 15 is 0 Å². The Morgan fingerprint density at radius 3 is 2.83 bits per heavy atom. The first-order valence-corrected chi connectivity index (χ1v) is 9.71. The van der Waals surface area contributed by atoms with E-state index in [0.29, 0.717) is 16.0 Å². The minimum Gasteiger partial charge on any atom is -0.364 e. The molecule has 1 aliphatic heterocycles. The van der Waals surface area contributed by atoms with Gasteiger partial charge in [-0.25, -0.2) is 12.8 Å². The van der Waals surface area contributed by atoms with Crippen LogP contribution < -0.4 is 5.32 Å². The average molecular weight is 363 g/mol. The number of nitrogens with one attached hydrogen (secondary N) is 2. The Balaban J connectivity index is 1.98. The summed E-state index contributed by atoms with van der Waals surface area (Å²) < 4.78 is 38.6. The van der Waals surface area contributed by atoms with Crippen molar-refractivity contribution in [1.29, 1.82) is 10.7 Å². The third-order valence-electron chi connectivity index (χ3n) is 3.98. The van der Waals surface area contributed by atoms with Crippen LogP contribution in [0.2, 0.25) is 0 Å². The van der Waals surface area contributed by atoms with Gasteiger partial charge < -0.3 is 5.32 Å². The molecule has 24 heavy (non-hydrogen) atoms. The first-order chi connectivity index (χ1) is 11.3. The van der Waals surface area contributed by atoms with Crippen LogP contribution in [0.25, 0.3) is 10.4 Å². The number of rotatable bonds is 2. The Morgan fingerprint density at radius 2 is 2.17 bits per heavy atom. The van der Waals surface area contributed by atoms with Gasteiger partial charge in [0.1, 0.15) is 16.9 Å². The maximum absolute atomic E-state index is 14.4. The lowest BCUT2D eigenvalue weighted by molar-refractivity contribution is 0.553. The molecule has 0 saturated carbocycles. The molecule has 0 spiro atoms. The van der Waals surface area contributed by atoms with E-state index in [0.717, 1.165) is 11.3 Å². The predicted octanol–water partition coefficient (Wildman–Crippen LogP) is 2.85. The summed E-state index contributed by atoms with van der Waals surface area (Å²) in [6.07, 6.45) is 0. The molecule has 1 saturated heterocycles. The highest BCUT2D eigenvalue weighted by Crippen LogP contribution is 2.36. The zero-order chi connectivity index (χ0) is 17.5. The quantitative estimate of drug-likeness (QED) is 0.858. The van der Waals surface area contributed by atoms with Crippen LogP contribution in [-0.4, -0.2) is 25.3 Å². The summed E-state index contributed by atoms with van der Waals surface area (Å²) >= 11 is 1.13. The van der Waals surface area contributed by atoms with Crippen LogP contribution in [-0.2, 0) is 9.84 Å². The first kappa shape index (κ1) is 16.6. The molecule has 8 heteroatoms. The third kappa shape index (κ3) is 2.92. The molecule has 1 aliphatic rings. The van der Waals surface area contributed by atoms with E-state index in [1.807, 2.05) is 6.07 Å². The number of hydrogen-bond acceptors (Lipinski definition) is 5. The van der Waals surface area contributed by atoms with Gasteiger partial charge in [-0.15, -0.1) is 11.3 Å². The average Bonchev–Trinajstić information content (AvgIpc) is 2.94. The number of amidine groups is 1. The maximum Gasteiger partial charge on any atom is 0.162 e. The van der Waals surface area contributed by atoms with Crippen LogP contribution in [0.4, 0.5) is 4.39 Å². The molecule has 0 radical (unpaired) electrons. The normalized spacial score (nSPS) is 22.6. The van der Waals surface area contributed by atoms with Crippen LogP contribution in [0.1, 0.15) is 23.4 Å². The van der Waals surface area contributed by atoms with E-state index in [-0.39, 0.29) is 16.5 Å². The molecule has 5 nitrogen and oxygen atoms in total. The predicted molar refractivity (Wildman–Crippen MR) is 91.3 cm³/mol. The standard InChI is InChI=1S/C16H14FN3O2S2/c1-9-16(19)20-13(8-24(9,21)22)15-12(17)6-14(23-15)11-4-2-3-10(5-11)7-18/h2-6,9,13H,8H2,1H3,(H2,19,20). The third-order valence-corrected chi connectivity index (χ3v) is 7.36. The fourth-order valence-electron chi connectivity index (χ4n) is 2.55. The van der Waals surface area contributed by atoms with E-state index in [4.69, 9.17) is 10.7 Å². The van der Waals surface area contributed by atoms with Crippen LogP contribution >= 0.6 is 11.3 Å². The molecule has 2 atom stereocenters. The molecule has 2 unspecified atom stereocenters. The van der Waals surface area contributed by atoms with Gasteiger partial charge in [0.2, 0.25) is 0 Å². The number of thiophene rings is 1. The zero-order valence-electron chi connectivity index (χ0n) is 12.7. The van der Waals surface area contributed by atoms with Crippen LogP contribution in [0.15, 0.2) is 30.3 Å². The molecule has 1 aromatic heterocycles. The monoisotopic (exact) mass is 363 g/mol. The lowest BCUT2D eigenvalue weighted by Crippen LogP contribution is -2.48. The topological polar surface area (TPSA) is 93.8 Å². The van der Waals surface area contributed by atoms with E-state index in [1.54, 1.807) is 24.3 Å². The number of nitrogens with zero attached hydrogens (tertiary/aromatic N) is 1. The van der Waals surface area contributed by atoms with Gasteiger partial charge >= 0.3 is 0 Å². The molecule has 2 N–H and O–H groups in total. The van der Waals surface area contributed by atoms with E-state index < -0.39 is 26.9 Å². The van der Waals surface area contributed by atoms with Crippen molar-refractivity contribution in [1.82, 2.24) is 5.32 Å². The highest BCUT2D eigenvalue weighted by molar-refractivity contribution is 7.92. The van der Waals surface area contributed by atoms with Crippen molar-refractivity contribution in [2.45, 2.75) is 18.2 Å². The molecule has 124 valence electrons. The number of nitriles is 1. The second-order valence-electron chi connectivity index (χ2n) is 5.60. The minimum atomic E-state index is -3.48. The van der Waals surface area contributed by atoms with Gasteiger partial charge in [0.25, 0.3) is 0 Å². The van der Waals surface area contributed by atoms with Crippen molar-refractivity contribution >= 4 is 27.0 Å². The summed E-state index contributed by atoms with van der Waals surface area (Å²) in [5.41, 5.74) is 1.17. The van der Waals surface area contributed by atoms with Crippen molar-refractivity contribution in [3.63, 3.8) is 0 Å². The van der Waals surface area contributed by atoms with Crippen LogP contribution in [0, 0.1) is 22.6 Å². The molecule has 2 aromatic rings. The van der Waals surface area contributed by atoms with Gasteiger partial charge in [0.15, 0.2) is 9.84 Å². The van der Waals surface area contributed by atoms with Gasteiger partial charge in [0.05, 0.1) is 28.3 Å². The fourth-order valence-corrected chi connectivity index (χ4v) is 5.17. The van der Waals surface area contributed by atoms with E-state index in [2.05, 4.69) is 5.32 Å². The van der Waals surface area contributed by atoms with Crippen molar-refractivity contribution < 1.29 is 12.8 Å². The Kier molecular flexibility index (Phi) is 4.15. The number of halogens is 1. The van der Waals surface area contributed by atoms with Crippen LogP contribution in [0.3, 0.4) is 0 Å². The van der Waals surface area contributed by atoms with Crippen LogP contribution in [0.5, 0.6) is 0 Å². The molecule has 0 amide bonds. The van der Waals surface area contributed by atoms with Gasteiger partial charge in [0, 0.05) is 4.88 Å². The Morgan fingerprint density at radius 1 is 1.42 bits per heavy atom. The van der Waals surface area contributed by atoms with Gasteiger partial charge in [-0.3, -0.25) is 5.41 Å². The molecule has 0 aliphatic carbocycles. The summed E-state index contributed by atoms with van der Waals surface area (Å²) in [5, 5.41) is 18.6. The van der Waals surface area contributed by atoms with Gasteiger partial charge in [-0.1, -0.05) is 12.1 Å². The van der Waals surface area contributed by atoms with Gasteiger partial charge in [-0.2, -0.15) is 5.26 Å². The molecule has 0 bridgehead atoms. The molecule has 1 fully saturated rings. The summed E-state index contributed by atoms with van der Waals surface area (Å²) in [4.78, 5) is 0.872. The van der Waals surface area contributed by atoms with Crippen molar-refractivity contribution in [2.75, 3.05) is 5.75 Å². The summed E-state index contributed by atoms with van der Waals surface area (Å²) in [5.74, 6) is -0.870. The molecular formula is C16H14FN3O2S2. The number of sulfone groups is 1. The molecule has 2 heterocycles. The summed E-state index contributed by atoms with van der Waals surface area (Å²) in [6.45, 7) is 1.45. The largest absolute Gasteiger partial charge is 0.364 e. The highest BCUT2D eigenvalue weighted by atomic mass is 32.2. The number of benzene rings is 1. The molecule has 3 rings (SSSR count). The van der Waals surface area contributed by atoms with Crippen molar-refractivity contribution in [2.24, 2.45) is 0 Å². The lowest BCUT2D eigenvalue weighted by Gasteiger charge is -2.28. The highest BCUT2D eigenvalue weighted by Gasteiger charge is 2.37. The van der Waals surface area contributed by atoms with Crippen molar-refractivity contribution in [3.8, 4) is 16.5 Å². The Bertz CT molecular complexity index is 960. The summed E-state index contributed by atoms with van der Waals surface area (Å²) in [7, 11) is -3.48. The summed E-state index contributed by atoms with van der Waals surface area (Å²) in [6, 6.07) is 9.41. The smallest absolute Gasteiger partial charge is 0.162 e. The Labute approximate surface area is 143 Å². The first-order valence-electron chi connectivity index (χ1n) is 7.18. The minimum absolute atomic E-state index is 0.118. The number of hydrogen-bond donors (Lipinski definition) is 2. The fraction of sp³-hybridized carbons (Fsp3) is 0.250. The lowest BCUT2D eigenvalue weighted by atomic mass is 10.1. The second kappa shape index (κ2) is 6.00. The van der Waals surface area contributed by atoms with E-state index in [1.165, 1.54) is 13.0 Å². The SMILES string of the molecule is CC1C(=N)NC(c2sc(-c3cccc(C#N)c3)cc2F)CS1(=O)=O. The zero-order valence-corrected chi connectivity index (χ0v) is 14.3. The van der Waals surface area contributed by atoms with Crippen molar-refractivity contribution in [3.05, 3.63) is 46.6 Å². The molecule has 1 aromatic carbocycles.